The van der Waals surface area contributed by atoms with E-state index in [1.54, 1.807) is 0 Å². The second kappa shape index (κ2) is 7.25. The molecular weight excluding hydrogens is 420 g/mol. The van der Waals surface area contributed by atoms with Crippen LogP contribution in [-0.2, 0) is 9.59 Å². The van der Waals surface area contributed by atoms with Gasteiger partial charge in [0.1, 0.15) is 0 Å². The minimum Gasteiger partial charge on any atom is -0.351 e. The van der Waals surface area contributed by atoms with Crippen molar-refractivity contribution in [2.75, 3.05) is 0 Å². The van der Waals surface area contributed by atoms with Crippen molar-refractivity contribution < 1.29 is 9.59 Å². The molecule has 2 N–H and O–H groups in total. The van der Waals surface area contributed by atoms with Crippen LogP contribution in [0.3, 0.4) is 0 Å². The van der Waals surface area contributed by atoms with Crippen molar-refractivity contribution in [2.24, 2.45) is 58.2 Å². The van der Waals surface area contributed by atoms with E-state index in [0.29, 0.717) is 23.7 Å². The summed E-state index contributed by atoms with van der Waals surface area (Å²) in [5, 5.41) is 7.37. The second-order valence-corrected chi connectivity index (χ2v) is 15.1. The van der Waals surface area contributed by atoms with Gasteiger partial charge in [-0.25, -0.2) is 0 Å². The number of nitrogens with one attached hydrogen (secondary N) is 2. The summed E-state index contributed by atoms with van der Waals surface area (Å²) in [7, 11) is 0. The maximum Gasteiger partial charge on any atom is 0.226 e. The predicted molar refractivity (Wildman–Crippen MR) is 131 cm³/mol. The third kappa shape index (κ3) is 3.08. The molecule has 2 amide bonds. The molecule has 0 heterocycles. The zero-order chi connectivity index (χ0) is 22.7. The highest BCUT2D eigenvalue weighted by atomic mass is 16.2. The van der Waals surface area contributed by atoms with Crippen LogP contribution in [0.2, 0.25) is 0 Å². The molecule has 0 aromatic rings. The predicted octanol–water partition coefficient (Wildman–Crippen LogP) is 5.21. The Labute approximate surface area is 205 Å². The molecule has 11 aliphatic rings. The molecule has 0 aromatic carbocycles. The van der Waals surface area contributed by atoms with E-state index in [1.165, 1.54) is 64.2 Å². The highest BCUT2D eigenvalue weighted by molar-refractivity contribution is 5.85. The third-order valence-electron chi connectivity index (χ3n) is 12.9. The lowest BCUT2D eigenvalue weighted by Crippen LogP contribution is -2.67. The van der Waals surface area contributed by atoms with Crippen molar-refractivity contribution in [2.45, 2.75) is 115 Å². The molecule has 186 valence electrons. The van der Waals surface area contributed by atoms with Crippen LogP contribution in [0, 0.1) is 58.2 Å². The maximum absolute atomic E-state index is 14.0. The summed E-state index contributed by atoms with van der Waals surface area (Å²) in [6.07, 6.45) is 20.0. The Hall–Kier alpha value is -1.06. The average molecular weight is 465 g/mol. The number of fused-ring (bicyclic) bond motifs is 3. The summed E-state index contributed by atoms with van der Waals surface area (Å²) < 4.78 is 0. The van der Waals surface area contributed by atoms with Gasteiger partial charge in [0.2, 0.25) is 11.8 Å². The highest BCUT2D eigenvalue weighted by Gasteiger charge is 2.58. The molecule has 34 heavy (non-hydrogen) atoms. The van der Waals surface area contributed by atoms with Gasteiger partial charge in [0.15, 0.2) is 0 Å². The minimum absolute atomic E-state index is 0.0834. The van der Waals surface area contributed by atoms with Gasteiger partial charge in [-0.05, 0) is 150 Å². The van der Waals surface area contributed by atoms with E-state index in [4.69, 9.17) is 0 Å². The van der Waals surface area contributed by atoms with Gasteiger partial charge >= 0.3 is 0 Å². The Bertz CT molecular complexity index is 744. The van der Waals surface area contributed by atoms with Crippen LogP contribution in [0.1, 0.15) is 103 Å². The van der Waals surface area contributed by atoms with Crippen LogP contribution in [-0.4, -0.2) is 23.9 Å². The third-order valence-corrected chi connectivity index (χ3v) is 12.9. The summed E-state index contributed by atoms with van der Waals surface area (Å²) in [6.45, 7) is 0. The summed E-state index contributed by atoms with van der Waals surface area (Å²) in [5.74, 6) is 6.65. The molecule has 11 saturated carbocycles. The Balaban J connectivity index is 1.02. The fourth-order valence-electron chi connectivity index (χ4n) is 12.3. The van der Waals surface area contributed by atoms with Gasteiger partial charge in [0, 0.05) is 10.8 Å². The van der Waals surface area contributed by atoms with Crippen molar-refractivity contribution in [3.8, 4) is 0 Å². The zero-order valence-electron chi connectivity index (χ0n) is 20.9. The standard InChI is InChI=1S/C30H44N2O2/c33-27(29-11-17-5-18(12-29)7-19(6-17)13-29)31-25-23-1-2-24(4-3-23)26(25)32-28(34)30-14-20-8-21(15-30)10-22(9-20)16-30/h17-26H,1-16H2,(H,31,33)(H,32,34). The molecule has 11 fully saturated rings. The molecule has 4 nitrogen and oxygen atoms in total. The van der Waals surface area contributed by atoms with Crippen molar-refractivity contribution in [1.29, 1.82) is 0 Å². The van der Waals surface area contributed by atoms with Crippen molar-refractivity contribution in [3.05, 3.63) is 0 Å². The first-order valence-electron chi connectivity index (χ1n) is 15.1. The first kappa shape index (κ1) is 21.1. The number of hydrogen-bond acceptors (Lipinski definition) is 2. The lowest BCUT2D eigenvalue weighted by molar-refractivity contribution is -0.152. The normalized spacial score (nSPS) is 56.0. The quantitative estimate of drug-likeness (QED) is 0.600. The van der Waals surface area contributed by atoms with Gasteiger partial charge in [-0.3, -0.25) is 9.59 Å². The van der Waals surface area contributed by atoms with E-state index in [9.17, 15) is 9.59 Å². The summed E-state index contributed by atoms with van der Waals surface area (Å²) >= 11 is 0. The van der Waals surface area contributed by atoms with Crippen LogP contribution >= 0.6 is 0 Å². The molecule has 2 atom stereocenters. The van der Waals surface area contributed by atoms with Gasteiger partial charge in [-0.1, -0.05) is 0 Å². The fraction of sp³-hybridized carbons (Fsp3) is 0.933. The van der Waals surface area contributed by atoms with Gasteiger partial charge < -0.3 is 10.6 Å². The Morgan fingerprint density at radius 2 is 0.735 bits per heavy atom. The lowest BCUT2D eigenvalue weighted by atomic mass is 9.49. The van der Waals surface area contributed by atoms with Gasteiger partial charge in [0.05, 0.1) is 12.1 Å². The van der Waals surface area contributed by atoms with Crippen LogP contribution in [0.15, 0.2) is 0 Å². The number of hydrogen-bond donors (Lipinski definition) is 2. The number of carbonyl (C=O) groups is 2. The molecule has 0 aliphatic heterocycles. The number of carbonyl (C=O) groups excluding carboxylic acids is 2. The Morgan fingerprint density at radius 3 is 1.00 bits per heavy atom. The minimum atomic E-state index is -0.0834. The summed E-state index contributed by atoms with van der Waals surface area (Å²) in [6, 6.07) is 0.344. The SMILES string of the molecule is O=C(NC1C2CCC(CC2)C1NC(=O)C12CC3CC(CC(C3)C1)C2)C12CC3CC(CC(C3)C1)C2. The molecule has 0 saturated heterocycles. The molecule has 4 heteroatoms. The van der Waals surface area contributed by atoms with E-state index >= 15 is 0 Å². The largest absolute Gasteiger partial charge is 0.351 e. The van der Waals surface area contributed by atoms with E-state index < -0.39 is 0 Å². The molecule has 11 rings (SSSR count). The summed E-state index contributed by atoms with van der Waals surface area (Å²) in [5.41, 5.74) is -0.167. The maximum atomic E-state index is 14.0. The summed E-state index contributed by atoms with van der Waals surface area (Å²) in [4.78, 5) is 27.9. The van der Waals surface area contributed by atoms with E-state index in [2.05, 4.69) is 10.6 Å². The smallest absolute Gasteiger partial charge is 0.226 e. The van der Waals surface area contributed by atoms with Crippen LogP contribution in [0.4, 0.5) is 0 Å². The first-order valence-corrected chi connectivity index (χ1v) is 15.1. The Kier molecular flexibility index (Phi) is 4.49. The molecule has 11 aliphatic carbocycles. The molecule has 0 spiro atoms. The van der Waals surface area contributed by atoms with Gasteiger partial charge in [-0.2, -0.15) is 0 Å². The first-order chi connectivity index (χ1) is 16.5. The average Bonchev–Trinajstić information content (AvgIpc) is 2.79. The van der Waals surface area contributed by atoms with Crippen LogP contribution in [0.5, 0.6) is 0 Å². The molecular formula is C30H44N2O2. The number of amides is 2. The topological polar surface area (TPSA) is 58.2 Å². The molecule has 0 radical (unpaired) electrons. The van der Waals surface area contributed by atoms with Gasteiger partial charge in [-0.15, -0.1) is 0 Å². The van der Waals surface area contributed by atoms with E-state index in [-0.39, 0.29) is 22.9 Å². The zero-order valence-corrected chi connectivity index (χ0v) is 20.9. The molecule has 10 bridgehead atoms. The van der Waals surface area contributed by atoms with Gasteiger partial charge in [0.25, 0.3) is 0 Å². The van der Waals surface area contributed by atoms with E-state index in [0.717, 1.165) is 74.0 Å². The van der Waals surface area contributed by atoms with E-state index in [1.807, 2.05) is 0 Å². The lowest BCUT2D eigenvalue weighted by Gasteiger charge is -2.58. The van der Waals surface area contributed by atoms with Crippen molar-refractivity contribution >= 4 is 11.8 Å². The monoisotopic (exact) mass is 464 g/mol. The van der Waals surface area contributed by atoms with Crippen LogP contribution in [0.25, 0.3) is 0 Å². The molecule has 0 aromatic heterocycles. The van der Waals surface area contributed by atoms with Crippen molar-refractivity contribution in [3.63, 3.8) is 0 Å². The van der Waals surface area contributed by atoms with Crippen molar-refractivity contribution in [1.82, 2.24) is 10.6 Å². The van der Waals surface area contributed by atoms with Crippen LogP contribution < -0.4 is 10.6 Å². The Morgan fingerprint density at radius 1 is 0.471 bits per heavy atom. The number of rotatable bonds is 4. The second-order valence-electron chi connectivity index (χ2n) is 15.1. The molecule has 2 unspecified atom stereocenters. The fourth-order valence-corrected chi connectivity index (χ4v) is 12.3. The highest BCUT2D eigenvalue weighted by Crippen LogP contribution is 2.61.